The second-order valence-electron chi connectivity index (χ2n) is 8.05. The van der Waals surface area contributed by atoms with Crippen molar-refractivity contribution in [3.8, 4) is 0 Å². The number of esters is 1. The summed E-state index contributed by atoms with van der Waals surface area (Å²) in [6, 6.07) is 8.31. The highest BCUT2D eigenvalue weighted by Gasteiger charge is 2.63. The van der Waals surface area contributed by atoms with Gasteiger partial charge in [-0.15, -0.1) is 0 Å². The molecule has 5 nitrogen and oxygen atoms in total. The Morgan fingerprint density at radius 3 is 2.93 bits per heavy atom. The molecule has 3 heterocycles. The Hall–Kier alpha value is -2.11. The predicted octanol–water partition coefficient (Wildman–Crippen LogP) is 2.94. The number of carbonyl (C=O) groups excluding carboxylic acids is 1. The minimum absolute atomic E-state index is 0.0597. The topological polar surface area (TPSA) is 54.6 Å². The Bertz CT molecular complexity index is 933. The lowest BCUT2D eigenvalue weighted by Gasteiger charge is -2.55. The first-order chi connectivity index (χ1) is 13.2. The minimum Gasteiger partial charge on any atom is -0.468 e. The van der Waals surface area contributed by atoms with Crippen LogP contribution in [0.2, 0.25) is 0 Å². The number of hydrogen-bond donors (Lipinski definition) is 1. The second-order valence-corrected chi connectivity index (χ2v) is 8.05. The Morgan fingerprint density at radius 2 is 2.11 bits per heavy atom. The van der Waals surface area contributed by atoms with Crippen LogP contribution in [-0.4, -0.2) is 54.8 Å². The fraction of sp³-hybridized carbons (Fsp3) is 0.500. The third kappa shape index (κ3) is 2.10. The molecule has 3 aliphatic rings. The van der Waals surface area contributed by atoms with Gasteiger partial charge in [-0.1, -0.05) is 30.4 Å². The van der Waals surface area contributed by atoms with Crippen LogP contribution in [0.5, 0.6) is 0 Å². The summed E-state index contributed by atoms with van der Waals surface area (Å²) in [6.45, 7) is 1.75. The molecule has 1 N–H and O–H groups in total. The number of fused-ring (bicyclic) bond motifs is 4. The van der Waals surface area contributed by atoms with E-state index in [1.807, 2.05) is 6.07 Å². The van der Waals surface area contributed by atoms with Crippen LogP contribution < -0.4 is 0 Å². The zero-order chi connectivity index (χ0) is 18.6. The molecule has 2 aromatic rings. The molecule has 0 unspecified atom stereocenters. The standard InChI is InChI=1S/C22H26N2O3/c1-26-20(25)22-12-5-10-21(27-2)11-6-13-24(19(21)22)14-9-16-15-7-3-4-8-17(15)23-18(16)22/h3-4,6-8,11,19,23H,5,9-10,12-14H2,1-2H3/t19-,21+,22-/m0/s1. The SMILES string of the molecule is COC(=O)[C@@]12CCC[C@@]3(OC)C=CCN(CCc4c1[nH]c1ccccc41)[C@H]23. The number of ether oxygens (including phenoxy) is 2. The number of benzene rings is 1. The summed E-state index contributed by atoms with van der Waals surface area (Å²) in [6.07, 6.45) is 7.94. The molecular weight excluding hydrogens is 340 g/mol. The van der Waals surface area contributed by atoms with Crippen LogP contribution >= 0.6 is 0 Å². The number of rotatable bonds is 2. The van der Waals surface area contributed by atoms with E-state index < -0.39 is 11.0 Å². The first kappa shape index (κ1) is 17.0. The van der Waals surface area contributed by atoms with Crippen molar-refractivity contribution in [3.05, 3.63) is 47.7 Å². The van der Waals surface area contributed by atoms with Crippen molar-refractivity contribution >= 4 is 16.9 Å². The molecular formula is C22H26N2O3. The van der Waals surface area contributed by atoms with E-state index in [0.717, 1.165) is 50.0 Å². The van der Waals surface area contributed by atoms with Crippen LogP contribution in [0, 0.1) is 0 Å². The van der Waals surface area contributed by atoms with Crippen LogP contribution in [0.25, 0.3) is 10.9 Å². The fourth-order valence-electron chi connectivity index (χ4n) is 5.98. The molecule has 1 aliphatic carbocycles. The summed E-state index contributed by atoms with van der Waals surface area (Å²) in [5.41, 5.74) is 2.21. The van der Waals surface area contributed by atoms with Gasteiger partial charge < -0.3 is 14.5 Å². The van der Waals surface area contributed by atoms with Gasteiger partial charge in [0.2, 0.25) is 0 Å². The average molecular weight is 366 g/mol. The van der Waals surface area contributed by atoms with Gasteiger partial charge in [0.05, 0.1) is 13.2 Å². The third-order valence-corrected chi connectivity index (χ3v) is 7.01. The van der Waals surface area contributed by atoms with Gasteiger partial charge in [0.15, 0.2) is 0 Å². The Labute approximate surface area is 159 Å². The molecule has 5 heteroatoms. The Kier molecular flexibility index (Phi) is 3.75. The first-order valence-electron chi connectivity index (χ1n) is 9.82. The third-order valence-electron chi connectivity index (χ3n) is 7.01. The van der Waals surface area contributed by atoms with Crippen molar-refractivity contribution in [1.29, 1.82) is 0 Å². The number of aromatic nitrogens is 1. The number of carbonyl (C=O) groups is 1. The second kappa shape index (κ2) is 5.94. The zero-order valence-electron chi connectivity index (χ0n) is 16.0. The van der Waals surface area contributed by atoms with Gasteiger partial charge in [0, 0.05) is 36.8 Å². The molecule has 1 fully saturated rings. The maximum atomic E-state index is 13.5. The van der Waals surface area contributed by atoms with Crippen LogP contribution in [0.1, 0.15) is 30.5 Å². The number of aromatic amines is 1. The van der Waals surface area contributed by atoms with E-state index in [4.69, 9.17) is 9.47 Å². The van der Waals surface area contributed by atoms with Crippen molar-refractivity contribution in [2.24, 2.45) is 0 Å². The number of methoxy groups -OCH3 is 2. The van der Waals surface area contributed by atoms with Crippen molar-refractivity contribution in [3.63, 3.8) is 0 Å². The van der Waals surface area contributed by atoms with E-state index in [1.54, 1.807) is 7.11 Å². The van der Waals surface area contributed by atoms with Crippen LogP contribution in [0.3, 0.4) is 0 Å². The number of hydrogen-bond acceptors (Lipinski definition) is 4. The van der Waals surface area contributed by atoms with Gasteiger partial charge >= 0.3 is 5.97 Å². The summed E-state index contributed by atoms with van der Waals surface area (Å²) >= 11 is 0. The lowest BCUT2D eigenvalue weighted by molar-refractivity contribution is -0.165. The Morgan fingerprint density at radius 1 is 1.26 bits per heavy atom. The molecule has 142 valence electrons. The summed E-state index contributed by atoms with van der Waals surface area (Å²) in [7, 11) is 3.29. The fourth-order valence-corrected chi connectivity index (χ4v) is 5.98. The molecule has 0 saturated heterocycles. The number of nitrogens with zero attached hydrogens (tertiary/aromatic N) is 1. The van der Waals surface area contributed by atoms with E-state index in [1.165, 1.54) is 18.1 Å². The van der Waals surface area contributed by atoms with Crippen molar-refractivity contribution in [2.45, 2.75) is 42.7 Å². The van der Waals surface area contributed by atoms with E-state index in [0.29, 0.717) is 0 Å². The molecule has 0 spiro atoms. The number of nitrogens with one attached hydrogen (secondary N) is 1. The molecule has 2 aliphatic heterocycles. The predicted molar refractivity (Wildman–Crippen MR) is 104 cm³/mol. The van der Waals surface area contributed by atoms with E-state index in [2.05, 4.69) is 40.2 Å². The van der Waals surface area contributed by atoms with E-state index in [-0.39, 0.29) is 12.0 Å². The number of para-hydroxylation sites is 1. The summed E-state index contributed by atoms with van der Waals surface area (Å²) in [5, 5.41) is 1.22. The molecule has 0 amide bonds. The molecule has 1 saturated carbocycles. The summed E-state index contributed by atoms with van der Waals surface area (Å²) in [4.78, 5) is 19.5. The van der Waals surface area contributed by atoms with Gasteiger partial charge in [-0.3, -0.25) is 9.69 Å². The summed E-state index contributed by atoms with van der Waals surface area (Å²) in [5.74, 6) is -0.149. The molecule has 1 aromatic carbocycles. The van der Waals surface area contributed by atoms with Gasteiger partial charge in [0.25, 0.3) is 0 Å². The van der Waals surface area contributed by atoms with Crippen molar-refractivity contribution in [2.75, 3.05) is 27.3 Å². The van der Waals surface area contributed by atoms with Gasteiger partial charge in [-0.25, -0.2) is 0 Å². The van der Waals surface area contributed by atoms with Gasteiger partial charge in [0.1, 0.15) is 11.0 Å². The molecule has 27 heavy (non-hydrogen) atoms. The largest absolute Gasteiger partial charge is 0.468 e. The quantitative estimate of drug-likeness (QED) is 0.656. The zero-order valence-corrected chi connectivity index (χ0v) is 16.0. The van der Waals surface area contributed by atoms with Crippen LogP contribution in [0.15, 0.2) is 36.4 Å². The summed E-state index contributed by atoms with van der Waals surface area (Å²) < 4.78 is 11.6. The highest BCUT2D eigenvalue weighted by atomic mass is 16.5. The highest BCUT2D eigenvalue weighted by Crippen LogP contribution is 2.53. The maximum Gasteiger partial charge on any atom is 0.319 e. The van der Waals surface area contributed by atoms with E-state index in [9.17, 15) is 4.79 Å². The average Bonchev–Trinajstić information content (AvgIpc) is 3.03. The number of H-pyrrole nitrogens is 1. The molecule has 0 bridgehead atoms. The highest BCUT2D eigenvalue weighted by molar-refractivity contribution is 5.91. The lowest BCUT2D eigenvalue weighted by atomic mass is 9.60. The molecule has 3 atom stereocenters. The van der Waals surface area contributed by atoms with Crippen molar-refractivity contribution < 1.29 is 14.3 Å². The van der Waals surface area contributed by atoms with E-state index >= 15 is 0 Å². The smallest absolute Gasteiger partial charge is 0.319 e. The normalized spacial score (nSPS) is 32.6. The first-order valence-corrected chi connectivity index (χ1v) is 9.82. The van der Waals surface area contributed by atoms with Crippen LogP contribution in [0.4, 0.5) is 0 Å². The Balaban J connectivity index is 1.84. The molecule has 1 aromatic heterocycles. The van der Waals surface area contributed by atoms with Gasteiger partial charge in [-0.2, -0.15) is 0 Å². The van der Waals surface area contributed by atoms with Crippen molar-refractivity contribution in [1.82, 2.24) is 9.88 Å². The monoisotopic (exact) mass is 366 g/mol. The minimum atomic E-state index is -0.737. The van der Waals surface area contributed by atoms with Crippen LogP contribution in [-0.2, 0) is 26.1 Å². The molecule has 5 rings (SSSR count). The van der Waals surface area contributed by atoms with Gasteiger partial charge in [-0.05, 0) is 37.3 Å². The lowest BCUT2D eigenvalue weighted by Crippen LogP contribution is -2.69. The molecule has 0 radical (unpaired) electrons. The maximum absolute atomic E-state index is 13.5.